The molecular formula is C36H49N3O10S2. The van der Waals surface area contributed by atoms with Gasteiger partial charge in [-0.3, -0.25) is 9.52 Å². The molecule has 2 N–H and O–H groups in total. The average molecular weight is 748 g/mol. The number of anilines is 1. The maximum absolute atomic E-state index is 14.4. The van der Waals surface area contributed by atoms with Crippen molar-refractivity contribution in [2.75, 3.05) is 52.3 Å². The number of methoxy groups -OCH3 is 2. The Labute approximate surface area is 301 Å². The van der Waals surface area contributed by atoms with Crippen LogP contribution in [-0.2, 0) is 24.8 Å². The van der Waals surface area contributed by atoms with Crippen LogP contribution in [0.2, 0.25) is 0 Å². The summed E-state index contributed by atoms with van der Waals surface area (Å²) >= 11 is 0. The number of hydrogen-bond acceptors (Lipinski definition) is 10. The Kier molecular flexibility index (Phi) is 13.7. The smallest absolute Gasteiger partial charge is 0.261 e. The summed E-state index contributed by atoms with van der Waals surface area (Å²) in [6.45, 7) is 5.58. The largest absolute Gasteiger partial charge is 0.497 e. The van der Waals surface area contributed by atoms with Crippen LogP contribution in [0, 0.1) is 5.92 Å². The molecule has 0 radical (unpaired) electrons. The van der Waals surface area contributed by atoms with E-state index in [1.807, 2.05) is 13.8 Å². The molecule has 0 aliphatic carbocycles. The summed E-state index contributed by atoms with van der Waals surface area (Å²) in [7, 11) is -3.43. The molecule has 3 aromatic carbocycles. The van der Waals surface area contributed by atoms with Crippen molar-refractivity contribution in [3.05, 3.63) is 72.3 Å². The topological polar surface area (TPSA) is 161 Å². The SMILES string of the molecule is COc1ccc(S(=O)(=O)Nc2ccc3c(c2)C(=O)N([C@@H](C)CO)C[C@@H](C)[C@@H](CN(C)S(=O)(=O)c2ccc(OC)cc2)OCCCC[C@H](C)O3)cc1. The number of nitrogens with zero attached hydrogens (tertiary/aromatic N) is 2. The first-order valence-electron chi connectivity index (χ1n) is 16.8. The fourth-order valence-electron chi connectivity index (χ4n) is 5.70. The highest BCUT2D eigenvalue weighted by Gasteiger charge is 2.32. The number of ether oxygens (including phenoxy) is 4. The van der Waals surface area contributed by atoms with Crippen LogP contribution < -0.4 is 18.9 Å². The molecular weight excluding hydrogens is 699 g/mol. The first kappa shape index (κ1) is 39.9. The van der Waals surface area contributed by atoms with E-state index in [1.54, 1.807) is 25.1 Å². The Balaban J connectivity index is 1.66. The Morgan fingerprint density at radius 1 is 0.941 bits per heavy atom. The number of rotatable bonds is 11. The molecule has 15 heteroatoms. The van der Waals surface area contributed by atoms with Crippen LogP contribution in [0.25, 0.3) is 0 Å². The van der Waals surface area contributed by atoms with Crippen LogP contribution in [-0.4, -0.2) is 103 Å². The molecule has 0 saturated carbocycles. The van der Waals surface area contributed by atoms with Gasteiger partial charge in [0.05, 0.1) is 54.4 Å². The molecule has 4 atom stereocenters. The molecule has 13 nitrogen and oxygen atoms in total. The van der Waals surface area contributed by atoms with Crippen LogP contribution in [0.1, 0.15) is 50.4 Å². The second kappa shape index (κ2) is 17.6. The minimum absolute atomic E-state index is 0.00829. The second-order valence-corrected chi connectivity index (χ2v) is 16.5. The fraction of sp³-hybridized carbons (Fsp3) is 0.472. The summed E-state index contributed by atoms with van der Waals surface area (Å²) in [4.78, 5) is 16.0. The van der Waals surface area contributed by atoms with Crippen molar-refractivity contribution in [3.63, 3.8) is 0 Å². The van der Waals surface area contributed by atoms with E-state index in [4.69, 9.17) is 18.9 Å². The lowest BCUT2D eigenvalue weighted by molar-refractivity contribution is -0.00833. The van der Waals surface area contributed by atoms with E-state index in [9.17, 15) is 26.7 Å². The molecule has 1 aliphatic heterocycles. The van der Waals surface area contributed by atoms with Crippen molar-refractivity contribution >= 4 is 31.6 Å². The Bertz CT molecular complexity index is 1820. The summed E-state index contributed by atoms with van der Waals surface area (Å²) in [5.74, 6) is 0.427. The van der Waals surface area contributed by atoms with Gasteiger partial charge in [-0.15, -0.1) is 0 Å². The van der Waals surface area contributed by atoms with E-state index >= 15 is 0 Å². The van der Waals surface area contributed by atoms with Gasteiger partial charge in [0.2, 0.25) is 10.0 Å². The molecule has 4 rings (SSSR count). The van der Waals surface area contributed by atoms with Gasteiger partial charge in [0.25, 0.3) is 15.9 Å². The average Bonchev–Trinajstić information content (AvgIpc) is 3.12. The third-order valence-electron chi connectivity index (χ3n) is 8.88. The number of amides is 1. The number of carbonyl (C=O) groups is 1. The summed E-state index contributed by atoms with van der Waals surface area (Å²) in [5, 5.41) is 10.3. The van der Waals surface area contributed by atoms with Crippen LogP contribution in [0.15, 0.2) is 76.5 Å². The molecule has 1 aliphatic rings. The molecule has 0 spiro atoms. The lowest BCUT2D eigenvalue weighted by atomic mass is 10.0. The predicted molar refractivity (Wildman–Crippen MR) is 193 cm³/mol. The van der Waals surface area contributed by atoms with Crippen LogP contribution >= 0.6 is 0 Å². The molecule has 0 bridgehead atoms. The van der Waals surface area contributed by atoms with Crippen LogP contribution in [0.5, 0.6) is 17.2 Å². The lowest BCUT2D eigenvalue weighted by Crippen LogP contribution is -2.48. The van der Waals surface area contributed by atoms with Crippen LogP contribution in [0.3, 0.4) is 0 Å². The standard InChI is InChI=1S/C36H49N3O10S2/c1-25-22-39(26(2)24-40)36(41)33-21-28(37-50(42,43)31-15-11-29(46-5)12-16-31)10-19-34(33)49-27(3)9-7-8-20-48-35(25)23-38(4)51(44,45)32-17-13-30(47-6)14-18-32/h10-19,21,25-27,35,37,40H,7-9,20,22-24H2,1-6H3/t25-,26+,27+,35-/m1/s1. The molecule has 3 aromatic rings. The number of fused-ring (bicyclic) bond motifs is 1. The van der Waals surface area contributed by atoms with Gasteiger partial charge in [-0.1, -0.05) is 6.92 Å². The zero-order valence-corrected chi connectivity index (χ0v) is 31.6. The minimum atomic E-state index is -4.03. The van der Waals surface area contributed by atoms with E-state index < -0.39 is 38.1 Å². The van der Waals surface area contributed by atoms with Crippen molar-refractivity contribution < 1.29 is 45.7 Å². The molecule has 51 heavy (non-hydrogen) atoms. The van der Waals surface area contributed by atoms with E-state index in [0.717, 1.165) is 6.42 Å². The number of hydrogen-bond donors (Lipinski definition) is 2. The predicted octanol–water partition coefficient (Wildman–Crippen LogP) is 4.62. The number of aliphatic hydroxyl groups is 1. The minimum Gasteiger partial charge on any atom is -0.497 e. The third kappa shape index (κ3) is 10.1. The number of likely N-dealkylation sites (N-methyl/N-ethyl adjacent to an activating group) is 1. The van der Waals surface area contributed by atoms with Gasteiger partial charge >= 0.3 is 0 Å². The number of sulfonamides is 2. The van der Waals surface area contributed by atoms with E-state index in [-0.39, 0.29) is 58.5 Å². The van der Waals surface area contributed by atoms with Crippen molar-refractivity contribution in [3.8, 4) is 17.2 Å². The van der Waals surface area contributed by atoms with E-state index in [1.165, 1.54) is 79.0 Å². The number of benzene rings is 3. The quantitative estimate of drug-likeness (QED) is 0.283. The Hall–Kier alpha value is -3.89. The van der Waals surface area contributed by atoms with Crippen molar-refractivity contribution in [1.82, 2.24) is 9.21 Å². The maximum atomic E-state index is 14.4. The zero-order valence-electron chi connectivity index (χ0n) is 29.9. The maximum Gasteiger partial charge on any atom is 0.261 e. The highest BCUT2D eigenvalue weighted by molar-refractivity contribution is 7.92. The number of aliphatic hydroxyl groups excluding tert-OH is 1. The van der Waals surface area contributed by atoms with Gasteiger partial charge in [0.1, 0.15) is 17.2 Å². The van der Waals surface area contributed by atoms with Crippen molar-refractivity contribution in [2.24, 2.45) is 5.92 Å². The summed E-state index contributed by atoms with van der Waals surface area (Å²) in [5.41, 5.74) is 0.254. The van der Waals surface area contributed by atoms with Gasteiger partial charge in [0, 0.05) is 38.3 Å². The highest BCUT2D eigenvalue weighted by Crippen LogP contribution is 2.30. The fourth-order valence-corrected chi connectivity index (χ4v) is 7.93. The Morgan fingerprint density at radius 2 is 1.55 bits per heavy atom. The normalized spacial score (nSPS) is 20.1. The molecule has 1 amide bonds. The van der Waals surface area contributed by atoms with Crippen LogP contribution in [0.4, 0.5) is 5.69 Å². The van der Waals surface area contributed by atoms with Gasteiger partial charge < -0.3 is 29.0 Å². The van der Waals surface area contributed by atoms with Gasteiger partial charge in [-0.2, -0.15) is 4.31 Å². The van der Waals surface area contributed by atoms with Crippen molar-refractivity contribution in [2.45, 2.75) is 68.1 Å². The van der Waals surface area contributed by atoms with E-state index in [2.05, 4.69) is 4.72 Å². The van der Waals surface area contributed by atoms with Gasteiger partial charge in [-0.25, -0.2) is 16.8 Å². The highest BCUT2D eigenvalue weighted by atomic mass is 32.2. The number of carbonyl (C=O) groups excluding carboxylic acids is 1. The monoisotopic (exact) mass is 747 g/mol. The third-order valence-corrected chi connectivity index (χ3v) is 12.1. The molecule has 0 saturated heterocycles. The second-order valence-electron chi connectivity index (χ2n) is 12.8. The molecule has 280 valence electrons. The summed E-state index contributed by atoms with van der Waals surface area (Å²) in [6, 6.07) is 15.9. The first-order chi connectivity index (χ1) is 24.2. The number of nitrogens with one attached hydrogen (secondary N) is 1. The zero-order chi connectivity index (χ0) is 37.3. The Morgan fingerprint density at radius 3 is 2.14 bits per heavy atom. The summed E-state index contributed by atoms with van der Waals surface area (Å²) < 4.78 is 80.3. The van der Waals surface area contributed by atoms with Gasteiger partial charge in [-0.05, 0) is 99.8 Å². The first-order valence-corrected chi connectivity index (χ1v) is 19.7. The molecule has 1 heterocycles. The molecule has 0 aromatic heterocycles. The van der Waals surface area contributed by atoms with Gasteiger partial charge in [0.15, 0.2) is 0 Å². The van der Waals surface area contributed by atoms with Crippen molar-refractivity contribution in [1.29, 1.82) is 0 Å². The molecule has 0 fully saturated rings. The summed E-state index contributed by atoms with van der Waals surface area (Å²) in [6.07, 6.45) is 1.19. The lowest BCUT2D eigenvalue weighted by Gasteiger charge is -2.35. The molecule has 0 unspecified atom stereocenters. The van der Waals surface area contributed by atoms with E-state index in [0.29, 0.717) is 30.9 Å².